The van der Waals surface area contributed by atoms with E-state index in [1.807, 2.05) is 72.5 Å². The highest BCUT2D eigenvalue weighted by atomic mass is 16.2. The zero-order valence-corrected chi connectivity index (χ0v) is 13.8. The molecule has 0 saturated carbocycles. The van der Waals surface area contributed by atoms with Crippen molar-refractivity contribution in [2.45, 2.75) is 25.8 Å². The molecule has 124 valence electrons. The van der Waals surface area contributed by atoms with Crippen molar-refractivity contribution in [1.82, 2.24) is 4.90 Å². The van der Waals surface area contributed by atoms with Gasteiger partial charge in [-0.05, 0) is 44.0 Å². The molecule has 24 heavy (non-hydrogen) atoms. The minimum absolute atomic E-state index is 0.000288. The maximum absolute atomic E-state index is 12.7. The van der Waals surface area contributed by atoms with E-state index in [2.05, 4.69) is 5.32 Å². The van der Waals surface area contributed by atoms with Crippen LogP contribution in [0.2, 0.25) is 0 Å². The molecule has 0 spiro atoms. The van der Waals surface area contributed by atoms with Gasteiger partial charge < -0.3 is 10.2 Å². The highest BCUT2D eigenvalue weighted by molar-refractivity contribution is 5.96. The Morgan fingerprint density at radius 3 is 2.29 bits per heavy atom. The highest BCUT2D eigenvalue weighted by Crippen LogP contribution is 2.26. The number of rotatable bonds is 3. The third kappa shape index (κ3) is 3.48. The van der Waals surface area contributed by atoms with Crippen molar-refractivity contribution in [3.8, 4) is 0 Å². The van der Waals surface area contributed by atoms with Gasteiger partial charge >= 0.3 is 0 Å². The van der Waals surface area contributed by atoms with Gasteiger partial charge in [0.15, 0.2) is 0 Å². The van der Waals surface area contributed by atoms with Gasteiger partial charge in [0.2, 0.25) is 5.91 Å². The van der Waals surface area contributed by atoms with E-state index in [1.54, 1.807) is 0 Å². The number of piperidine rings is 1. The second-order valence-electron chi connectivity index (χ2n) is 6.21. The van der Waals surface area contributed by atoms with Crippen LogP contribution in [0.15, 0.2) is 60.7 Å². The largest absolute Gasteiger partial charge is 0.335 e. The zero-order valence-electron chi connectivity index (χ0n) is 13.8. The third-order valence-electron chi connectivity index (χ3n) is 4.65. The third-order valence-corrected chi connectivity index (χ3v) is 4.65. The molecule has 2 amide bonds. The van der Waals surface area contributed by atoms with E-state index in [9.17, 15) is 9.59 Å². The van der Waals surface area contributed by atoms with Crippen LogP contribution < -0.4 is 5.32 Å². The van der Waals surface area contributed by atoms with Gasteiger partial charge in [-0.3, -0.25) is 9.59 Å². The van der Waals surface area contributed by atoms with Crippen molar-refractivity contribution in [1.29, 1.82) is 0 Å². The summed E-state index contributed by atoms with van der Waals surface area (Å²) in [5, 5.41) is 2.96. The molecule has 2 atom stereocenters. The average Bonchev–Trinajstić information content (AvgIpc) is 2.63. The van der Waals surface area contributed by atoms with E-state index >= 15 is 0 Å². The van der Waals surface area contributed by atoms with Crippen molar-refractivity contribution in [2.24, 2.45) is 5.92 Å². The van der Waals surface area contributed by atoms with Gasteiger partial charge in [-0.15, -0.1) is 0 Å². The fraction of sp³-hybridized carbons (Fsp3) is 0.300. The van der Waals surface area contributed by atoms with Crippen LogP contribution in [0.4, 0.5) is 5.69 Å². The predicted octanol–water partition coefficient (Wildman–Crippen LogP) is 3.57. The number of nitrogens with zero attached hydrogens (tertiary/aromatic N) is 1. The summed E-state index contributed by atoms with van der Waals surface area (Å²) in [6, 6.07) is 18.6. The standard InChI is InChI=1S/C20H22N2O2/c1-15-18(19(23)21-17-11-6-3-7-12-17)13-8-14-22(15)20(24)16-9-4-2-5-10-16/h2-7,9-12,15,18H,8,13-14H2,1H3,(H,21,23)/t15-,18-/m0/s1. The second-order valence-corrected chi connectivity index (χ2v) is 6.21. The Morgan fingerprint density at radius 1 is 1.00 bits per heavy atom. The highest BCUT2D eigenvalue weighted by Gasteiger charge is 2.35. The molecule has 1 aliphatic heterocycles. The number of hydrogen-bond donors (Lipinski definition) is 1. The SMILES string of the molecule is C[C@H]1[C@@H](C(=O)Nc2ccccc2)CCCN1C(=O)c1ccccc1. The zero-order chi connectivity index (χ0) is 16.9. The van der Waals surface area contributed by atoms with Crippen LogP contribution in [0.3, 0.4) is 0 Å². The fourth-order valence-corrected chi connectivity index (χ4v) is 3.28. The lowest BCUT2D eigenvalue weighted by molar-refractivity contribution is -0.122. The van der Waals surface area contributed by atoms with Crippen LogP contribution in [-0.4, -0.2) is 29.3 Å². The normalized spacial score (nSPS) is 20.5. The lowest BCUT2D eigenvalue weighted by Gasteiger charge is -2.38. The molecule has 1 aliphatic rings. The summed E-state index contributed by atoms with van der Waals surface area (Å²) >= 11 is 0. The van der Waals surface area contributed by atoms with Gasteiger partial charge in [0, 0.05) is 23.8 Å². The molecule has 4 heteroatoms. The number of carbonyl (C=O) groups excluding carboxylic acids is 2. The molecule has 1 saturated heterocycles. The number of carbonyl (C=O) groups is 2. The molecule has 0 bridgehead atoms. The first-order chi connectivity index (χ1) is 11.7. The van der Waals surface area contributed by atoms with Crippen molar-refractivity contribution in [3.63, 3.8) is 0 Å². The topological polar surface area (TPSA) is 49.4 Å². The Balaban J connectivity index is 1.71. The van der Waals surface area contributed by atoms with Crippen LogP contribution in [-0.2, 0) is 4.79 Å². The van der Waals surface area contributed by atoms with Gasteiger partial charge in [-0.2, -0.15) is 0 Å². The Kier molecular flexibility index (Phi) is 4.94. The van der Waals surface area contributed by atoms with Gasteiger partial charge in [-0.25, -0.2) is 0 Å². The van der Waals surface area contributed by atoms with E-state index in [4.69, 9.17) is 0 Å². The van der Waals surface area contributed by atoms with E-state index in [-0.39, 0.29) is 23.8 Å². The molecule has 1 N–H and O–H groups in total. The lowest BCUT2D eigenvalue weighted by Crippen LogP contribution is -2.50. The summed E-state index contributed by atoms with van der Waals surface area (Å²) in [6.07, 6.45) is 1.65. The quantitative estimate of drug-likeness (QED) is 0.939. The van der Waals surface area contributed by atoms with Crippen LogP contribution in [0.25, 0.3) is 0 Å². The molecular weight excluding hydrogens is 300 g/mol. The van der Waals surface area contributed by atoms with Gasteiger partial charge in [-0.1, -0.05) is 36.4 Å². The first-order valence-electron chi connectivity index (χ1n) is 8.39. The van der Waals surface area contributed by atoms with E-state index in [0.29, 0.717) is 12.1 Å². The Labute approximate surface area is 142 Å². The number of amides is 2. The summed E-state index contributed by atoms with van der Waals surface area (Å²) in [4.78, 5) is 27.2. The smallest absolute Gasteiger partial charge is 0.254 e. The summed E-state index contributed by atoms with van der Waals surface area (Å²) in [5.41, 5.74) is 1.47. The van der Waals surface area contributed by atoms with Crippen molar-refractivity contribution >= 4 is 17.5 Å². The van der Waals surface area contributed by atoms with Gasteiger partial charge in [0.25, 0.3) is 5.91 Å². The van der Waals surface area contributed by atoms with Crippen molar-refractivity contribution in [2.75, 3.05) is 11.9 Å². The van der Waals surface area contributed by atoms with E-state index in [1.165, 1.54) is 0 Å². The first kappa shape index (κ1) is 16.2. The molecule has 3 rings (SSSR count). The van der Waals surface area contributed by atoms with E-state index < -0.39 is 0 Å². The van der Waals surface area contributed by atoms with Crippen LogP contribution in [0.1, 0.15) is 30.1 Å². The summed E-state index contributed by atoms with van der Waals surface area (Å²) in [7, 11) is 0. The van der Waals surface area contributed by atoms with Crippen LogP contribution >= 0.6 is 0 Å². The van der Waals surface area contributed by atoms with Gasteiger partial charge in [0.1, 0.15) is 0 Å². The molecule has 4 nitrogen and oxygen atoms in total. The van der Waals surface area contributed by atoms with Gasteiger partial charge in [0.05, 0.1) is 5.92 Å². The summed E-state index contributed by atoms with van der Waals surface area (Å²) in [5.74, 6) is -0.203. The number of hydrogen-bond acceptors (Lipinski definition) is 2. The minimum atomic E-state index is -0.188. The number of benzene rings is 2. The maximum atomic E-state index is 12.7. The maximum Gasteiger partial charge on any atom is 0.254 e. The monoisotopic (exact) mass is 322 g/mol. The second kappa shape index (κ2) is 7.30. The number of para-hydroxylation sites is 1. The fourth-order valence-electron chi connectivity index (χ4n) is 3.28. The molecular formula is C20H22N2O2. The molecule has 0 unspecified atom stereocenters. The van der Waals surface area contributed by atoms with Crippen LogP contribution in [0.5, 0.6) is 0 Å². The molecule has 1 heterocycles. The Hall–Kier alpha value is -2.62. The Morgan fingerprint density at radius 2 is 1.62 bits per heavy atom. The molecule has 0 aromatic heterocycles. The number of nitrogens with one attached hydrogen (secondary N) is 1. The molecule has 1 fully saturated rings. The van der Waals surface area contributed by atoms with Crippen molar-refractivity contribution < 1.29 is 9.59 Å². The van der Waals surface area contributed by atoms with Crippen molar-refractivity contribution in [3.05, 3.63) is 66.2 Å². The molecule has 2 aromatic carbocycles. The summed E-state index contributed by atoms with van der Waals surface area (Å²) < 4.78 is 0. The predicted molar refractivity (Wildman–Crippen MR) is 94.7 cm³/mol. The van der Waals surface area contributed by atoms with Crippen LogP contribution in [0, 0.1) is 5.92 Å². The molecule has 0 radical (unpaired) electrons. The molecule has 2 aromatic rings. The Bertz CT molecular complexity index is 700. The summed E-state index contributed by atoms with van der Waals surface area (Å²) in [6.45, 7) is 2.67. The number of likely N-dealkylation sites (tertiary alicyclic amines) is 1. The average molecular weight is 322 g/mol. The minimum Gasteiger partial charge on any atom is -0.335 e. The molecule has 0 aliphatic carbocycles. The van der Waals surface area contributed by atoms with E-state index in [0.717, 1.165) is 18.5 Å². The first-order valence-corrected chi connectivity index (χ1v) is 8.39. The number of anilines is 1. The lowest BCUT2D eigenvalue weighted by atomic mass is 9.88.